The lowest BCUT2D eigenvalue weighted by atomic mass is 10.0. The number of aromatic amines is 2. The summed E-state index contributed by atoms with van der Waals surface area (Å²) in [5, 5.41) is 5.78. The molecule has 0 atom stereocenters. The fraction of sp³-hybridized carbons (Fsp3) is 0.224. The maximum atomic E-state index is 12.0. The highest BCUT2D eigenvalue weighted by molar-refractivity contribution is 9.09. The zero-order valence-corrected chi connectivity index (χ0v) is 43.8. The number of nitrogens with zero attached hydrogens (tertiary/aromatic N) is 2. The molecule has 2 aliphatic heterocycles. The lowest BCUT2D eigenvalue weighted by Crippen LogP contribution is -2.05. The van der Waals surface area contributed by atoms with Gasteiger partial charge in [0, 0.05) is 72.9 Å². The van der Waals surface area contributed by atoms with Crippen molar-refractivity contribution in [3.8, 4) is 61.8 Å². The van der Waals surface area contributed by atoms with Gasteiger partial charge in [0.05, 0.1) is 42.6 Å². The van der Waals surface area contributed by atoms with Gasteiger partial charge in [-0.25, -0.2) is 9.97 Å². The van der Waals surface area contributed by atoms with Gasteiger partial charge in [-0.2, -0.15) is 0 Å². The Morgan fingerprint density at radius 2 is 0.714 bits per heavy atom. The Morgan fingerprint density at radius 3 is 0.986 bits per heavy atom. The topological polar surface area (TPSA) is 114 Å². The van der Waals surface area contributed by atoms with Crippen LogP contribution in [0.4, 0.5) is 5.69 Å². The molecule has 0 saturated heterocycles. The number of anilines is 1. The Morgan fingerprint density at radius 1 is 0.429 bits per heavy atom. The highest BCUT2D eigenvalue weighted by atomic mass is 79.9. The highest BCUT2D eigenvalue weighted by Gasteiger charge is 2.20. The number of amides is 1. The minimum absolute atomic E-state index is 0.128. The summed E-state index contributed by atoms with van der Waals surface area (Å²) in [6.07, 6.45) is 14.5. The van der Waals surface area contributed by atoms with Gasteiger partial charge in [0.2, 0.25) is 5.91 Å². The normalized spacial score (nSPS) is 11.8. The van der Waals surface area contributed by atoms with Crippen molar-refractivity contribution >= 4 is 106 Å². The summed E-state index contributed by atoms with van der Waals surface area (Å²) >= 11 is 10.6. The summed E-state index contributed by atoms with van der Waals surface area (Å²) < 4.78 is 18.4. The second-order valence-corrected chi connectivity index (χ2v) is 19.4. The number of nitrogens with one attached hydrogen (secondary N) is 3. The first-order valence-electron chi connectivity index (χ1n) is 23.8. The molecular formula is C58H54Br3N5O4. The number of hydrogen-bond acceptors (Lipinski definition) is 6. The number of H-pyrrole nitrogens is 2. The van der Waals surface area contributed by atoms with E-state index >= 15 is 0 Å². The molecule has 1 amide bonds. The van der Waals surface area contributed by atoms with Crippen LogP contribution >= 0.6 is 47.8 Å². The number of halogens is 3. The minimum atomic E-state index is -0.128. The average Bonchev–Trinajstić information content (AvgIpc) is 4.24. The van der Waals surface area contributed by atoms with Crippen LogP contribution in [0.25, 0.3) is 90.9 Å². The molecule has 8 bridgehead atoms. The molecule has 9 rings (SSSR count). The Hall–Kier alpha value is -6.21. The molecule has 4 aromatic carbocycles. The van der Waals surface area contributed by atoms with E-state index in [0.717, 1.165) is 161 Å². The third-order valence-electron chi connectivity index (χ3n) is 12.1. The molecule has 5 heterocycles. The van der Waals surface area contributed by atoms with E-state index in [0.29, 0.717) is 25.5 Å². The van der Waals surface area contributed by atoms with E-state index in [1.807, 2.05) is 60.7 Å². The summed E-state index contributed by atoms with van der Waals surface area (Å²) in [7, 11) is 0. The van der Waals surface area contributed by atoms with Gasteiger partial charge in [-0.1, -0.05) is 96.3 Å². The summed E-state index contributed by atoms with van der Waals surface area (Å²) in [4.78, 5) is 30.7. The van der Waals surface area contributed by atoms with E-state index in [4.69, 9.17) is 24.2 Å². The first-order valence-corrected chi connectivity index (χ1v) is 27.2. The fourth-order valence-electron chi connectivity index (χ4n) is 8.66. The molecule has 0 radical (unpaired) electrons. The van der Waals surface area contributed by atoms with Crippen molar-refractivity contribution in [2.24, 2.45) is 0 Å². The van der Waals surface area contributed by atoms with Crippen LogP contribution in [0.5, 0.6) is 17.2 Å². The molecular weight excluding hydrogens is 1070 g/mol. The van der Waals surface area contributed by atoms with Crippen LogP contribution in [0, 0.1) is 0 Å². The molecule has 3 aromatic heterocycles. The lowest BCUT2D eigenvalue weighted by Gasteiger charge is -2.10. The van der Waals surface area contributed by atoms with Gasteiger partial charge in [0.1, 0.15) is 17.2 Å². The molecule has 9 nitrogen and oxygen atoms in total. The quantitative estimate of drug-likeness (QED) is 0.0517. The minimum Gasteiger partial charge on any atom is -0.494 e. The summed E-state index contributed by atoms with van der Waals surface area (Å²) in [6, 6.07) is 41.3. The third-order valence-corrected chi connectivity index (χ3v) is 13.7. The van der Waals surface area contributed by atoms with Crippen molar-refractivity contribution in [3.05, 3.63) is 144 Å². The zero-order chi connectivity index (χ0) is 48.2. The largest absolute Gasteiger partial charge is 0.494 e. The average molecular weight is 1120 g/mol. The number of ether oxygens (including phenoxy) is 3. The molecule has 0 spiro atoms. The van der Waals surface area contributed by atoms with Gasteiger partial charge in [-0.15, -0.1) is 0 Å². The summed E-state index contributed by atoms with van der Waals surface area (Å²) in [5.74, 6) is 2.34. The van der Waals surface area contributed by atoms with Crippen molar-refractivity contribution < 1.29 is 19.0 Å². The maximum Gasteiger partial charge on any atom is 0.221 e. The summed E-state index contributed by atoms with van der Waals surface area (Å²) in [5.41, 5.74) is 15.2. The number of carbonyl (C=O) groups is 1. The standard InChI is InChI=1S/C58H54Br3N5O4/c1-38(67)62-43-16-8-39(9-17-43)55-47-24-26-49(63-47)56(40-10-18-44(19-11-40)68-35-5-2-32-59)51-28-30-53(65-51)58(42-14-22-46(23-15-42)70-37-7-4-34-61)54-31-29-52(66-54)57(50-27-25-48(55)64-50)41-12-20-45(21-13-41)69-36-6-3-33-60/h8-31,63,66H,2-7,32-37H2,1H3,(H,62,67). The van der Waals surface area contributed by atoms with Gasteiger partial charge in [0.25, 0.3) is 0 Å². The number of benzene rings is 4. The number of alkyl halides is 3. The van der Waals surface area contributed by atoms with Crippen LogP contribution in [0.15, 0.2) is 121 Å². The van der Waals surface area contributed by atoms with Gasteiger partial charge in [-0.3, -0.25) is 4.79 Å². The van der Waals surface area contributed by atoms with E-state index < -0.39 is 0 Å². The first kappa shape index (κ1) is 48.8. The van der Waals surface area contributed by atoms with Crippen LogP contribution in [-0.2, 0) is 4.79 Å². The van der Waals surface area contributed by atoms with E-state index in [1.54, 1.807) is 0 Å². The van der Waals surface area contributed by atoms with Crippen molar-refractivity contribution in [1.82, 2.24) is 19.9 Å². The van der Waals surface area contributed by atoms with Crippen molar-refractivity contribution in [2.45, 2.75) is 45.4 Å². The van der Waals surface area contributed by atoms with E-state index in [2.05, 4.69) is 148 Å². The van der Waals surface area contributed by atoms with Crippen LogP contribution in [-0.4, -0.2) is 61.7 Å². The summed E-state index contributed by atoms with van der Waals surface area (Å²) in [6.45, 7) is 3.47. The molecule has 0 aliphatic carbocycles. The van der Waals surface area contributed by atoms with E-state index in [-0.39, 0.29) is 5.91 Å². The van der Waals surface area contributed by atoms with Crippen molar-refractivity contribution in [3.63, 3.8) is 0 Å². The Balaban J connectivity index is 1.29. The molecule has 0 unspecified atom stereocenters. The van der Waals surface area contributed by atoms with Crippen LogP contribution in [0.2, 0.25) is 0 Å². The zero-order valence-electron chi connectivity index (χ0n) is 39.0. The monoisotopic (exact) mass is 1120 g/mol. The fourth-order valence-corrected chi connectivity index (χ4v) is 9.85. The predicted octanol–water partition coefficient (Wildman–Crippen LogP) is 15.9. The smallest absolute Gasteiger partial charge is 0.221 e. The number of rotatable bonds is 20. The molecule has 3 N–H and O–H groups in total. The Bertz CT molecular complexity index is 3110. The van der Waals surface area contributed by atoms with Crippen LogP contribution in [0.1, 0.15) is 68.2 Å². The highest BCUT2D eigenvalue weighted by Crippen LogP contribution is 2.39. The van der Waals surface area contributed by atoms with E-state index in [9.17, 15) is 4.79 Å². The number of aromatic nitrogens is 4. The number of hydrogen-bond donors (Lipinski definition) is 3. The SMILES string of the molecule is CC(=O)Nc1ccc(-c2c3nc(c(-c4ccc(OCCCCBr)cc4)c4ccc([nH]4)c(-c4ccc(OCCCCBr)cc4)c4nc(c(-c5ccc(OCCCCBr)cc5)c5ccc2[nH]5)C=C4)C=C3)cc1. The van der Waals surface area contributed by atoms with Crippen LogP contribution in [0.3, 0.4) is 0 Å². The lowest BCUT2D eigenvalue weighted by molar-refractivity contribution is -0.114. The van der Waals surface area contributed by atoms with Gasteiger partial charge in [0.15, 0.2) is 0 Å². The van der Waals surface area contributed by atoms with Crippen molar-refractivity contribution in [2.75, 3.05) is 41.1 Å². The van der Waals surface area contributed by atoms with E-state index in [1.165, 1.54) is 6.92 Å². The first-order chi connectivity index (χ1) is 34.4. The molecule has 2 aliphatic rings. The molecule has 12 heteroatoms. The van der Waals surface area contributed by atoms with Gasteiger partial charge >= 0.3 is 0 Å². The second-order valence-electron chi connectivity index (χ2n) is 17.1. The van der Waals surface area contributed by atoms with Crippen LogP contribution < -0.4 is 19.5 Å². The Labute approximate surface area is 434 Å². The Kier molecular flexibility index (Phi) is 16.5. The maximum absolute atomic E-state index is 12.0. The number of unbranched alkanes of at least 4 members (excludes halogenated alkanes) is 3. The second kappa shape index (κ2) is 23.6. The number of carbonyl (C=O) groups excluding carboxylic acids is 1. The molecule has 0 fully saturated rings. The molecule has 356 valence electrons. The van der Waals surface area contributed by atoms with Crippen molar-refractivity contribution in [1.29, 1.82) is 0 Å². The molecule has 0 saturated carbocycles. The predicted molar refractivity (Wildman–Crippen MR) is 300 cm³/mol. The third kappa shape index (κ3) is 11.7. The van der Waals surface area contributed by atoms with Gasteiger partial charge in [-0.05, 0) is 158 Å². The number of fused-ring (bicyclic) bond motifs is 8. The molecule has 7 aromatic rings. The molecule has 70 heavy (non-hydrogen) atoms. The van der Waals surface area contributed by atoms with Gasteiger partial charge < -0.3 is 29.5 Å².